The minimum atomic E-state index is -0.305. The maximum Gasteiger partial charge on any atom is 0.259 e. The lowest BCUT2D eigenvalue weighted by Gasteiger charge is -2.00. The van der Waals surface area contributed by atoms with Gasteiger partial charge in [-0.2, -0.15) is 0 Å². The van der Waals surface area contributed by atoms with Crippen molar-refractivity contribution < 1.29 is 4.79 Å². The van der Waals surface area contributed by atoms with Gasteiger partial charge in [0, 0.05) is 10.9 Å². The summed E-state index contributed by atoms with van der Waals surface area (Å²) >= 11 is 14.4. The zero-order valence-corrected chi connectivity index (χ0v) is 15.2. The first kappa shape index (κ1) is 16.5. The molecule has 0 saturated carbocycles. The van der Waals surface area contributed by atoms with Crippen molar-refractivity contribution in [2.24, 2.45) is 0 Å². The van der Waals surface area contributed by atoms with Crippen LogP contribution in [0.1, 0.15) is 22.8 Å². The number of aryl methyl sites for hydroxylation is 1. The van der Waals surface area contributed by atoms with Gasteiger partial charge in [-0.15, -0.1) is 22.7 Å². The van der Waals surface area contributed by atoms with E-state index >= 15 is 0 Å². The summed E-state index contributed by atoms with van der Waals surface area (Å²) in [6.07, 6.45) is 1.00. The molecule has 1 N–H and O–H groups in total. The number of carbonyl (C=O) groups is 1. The van der Waals surface area contributed by atoms with Gasteiger partial charge in [0.05, 0.1) is 15.6 Å². The highest BCUT2D eigenvalue weighted by atomic mass is 35.5. The Kier molecular flexibility index (Phi) is 5.02. The molecule has 2 heterocycles. The molecule has 0 aliphatic carbocycles. The molecule has 0 radical (unpaired) electrons. The number of carbonyl (C=O) groups excluding carboxylic acids is 1. The molecule has 0 aliphatic rings. The van der Waals surface area contributed by atoms with E-state index in [9.17, 15) is 4.79 Å². The van der Waals surface area contributed by atoms with Crippen molar-refractivity contribution in [1.29, 1.82) is 0 Å². The summed E-state index contributed by atoms with van der Waals surface area (Å²) in [6, 6.07) is 9.80. The van der Waals surface area contributed by atoms with Crippen molar-refractivity contribution in [1.82, 2.24) is 4.98 Å². The SMILES string of the molecule is CCc1ccc(-c2csc(NC(=O)c3cc(Cl)sc3Cl)n2)cc1. The molecular formula is C16H12Cl2N2OS2. The van der Waals surface area contributed by atoms with Crippen LogP contribution in [0.15, 0.2) is 35.7 Å². The second-order valence-electron chi connectivity index (χ2n) is 4.78. The van der Waals surface area contributed by atoms with Crippen molar-refractivity contribution in [2.75, 3.05) is 5.32 Å². The molecule has 0 atom stereocenters. The second-order valence-corrected chi connectivity index (χ2v) is 7.92. The van der Waals surface area contributed by atoms with Crippen LogP contribution in [-0.4, -0.2) is 10.9 Å². The Hall–Kier alpha value is -1.40. The molecule has 7 heteroatoms. The minimum absolute atomic E-state index is 0.305. The topological polar surface area (TPSA) is 42.0 Å². The monoisotopic (exact) mass is 382 g/mol. The van der Waals surface area contributed by atoms with Gasteiger partial charge in [0.25, 0.3) is 5.91 Å². The molecule has 0 spiro atoms. The number of thiophene rings is 1. The molecule has 3 nitrogen and oxygen atoms in total. The van der Waals surface area contributed by atoms with Crippen LogP contribution in [0.25, 0.3) is 11.3 Å². The van der Waals surface area contributed by atoms with Crippen molar-refractivity contribution in [3.8, 4) is 11.3 Å². The van der Waals surface area contributed by atoms with Gasteiger partial charge in [-0.1, -0.05) is 54.4 Å². The third-order valence-corrected chi connectivity index (χ3v) is 5.53. The summed E-state index contributed by atoms with van der Waals surface area (Å²) in [6.45, 7) is 2.12. The van der Waals surface area contributed by atoms with Gasteiger partial charge < -0.3 is 0 Å². The number of benzene rings is 1. The fourth-order valence-corrected chi connectivity index (χ4v) is 4.21. The van der Waals surface area contributed by atoms with Crippen LogP contribution >= 0.6 is 45.9 Å². The molecule has 1 aromatic carbocycles. The lowest BCUT2D eigenvalue weighted by Crippen LogP contribution is -2.11. The highest BCUT2D eigenvalue weighted by molar-refractivity contribution is 7.20. The molecule has 23 heavy (non-hydrogen) atoms. The van der Waals surface area contributed by atoms with Crippen LogP contribution in [0.5, 0.6) is 0 Å². The number of halogens is 2. The number of thiazole rings is 1. The van der Waals surface area contributed by atoms with Crippen molar-refractivity contribution in [3.05, 3.63) is 55.5 Å². The minimum Gasteiger partial charge on any atom is -0.298 e. The van der Waals surface area contributed by atoms with E-state index in [1.165, 1.54) is 28.2 Å². The van der Waals surface area contributed by atoms with Gasteiger partial charge >= 0.3 is 0 Å². The van der Waals surface area contributed by atoms with Crippen LogP contribution in [0.2, 0.25) is 8.67 Å². The van der Waals surface area contributed by atoms with Gasteiger partial charge in [-0.3, -0.25) is 10.1 Å². The van der Waals surface area contributed by atoms with Crippen LogP contribution < -0.4 is 5.32 Å². The number of aromatic nitrogens is 1. The molecular weight excluding hydrogens is 371 g/mol. The van der Waals surface area contributed by atoms with Gasteiger partial charge in [-0.25, -0.2) is 4.98 Å². The van der Waals surface area contributed by atoms with Crippen molar-refractivity contribution in [3.63, 3.8) is 0 Å². The number of nitrogens with one attached hydrogen (secondary N) is 1. The quantitative estimate of drug-likeness (QED) is 0.601. The fraction of sp³-hybridized carbons (Fsp3) is 0.125. The average Bonchev–Trinajstić information content (AvgIpc) is 3.13. The Bertz CT molecular complexity index is 840. The van der Waals surface area contributed by atoms with Gasteiger partial charge in [0.1, 0.15) is 4.34 Å². The molecule has 1 amide bonds. The standard InChI is InChI=1S/C16H12Cl2N2OS2/c1-2-9-3-5-10(6-4-9)12-8-22-16(19-12)20-15(21)11-7-13(17)23-14(11)18/h3-8H,2H2,1H3,(H,19,20,21). The van der Waals surface area contributed by atoms with Crippen LogP contribution in [0.3, 0.4) is 0 Å². The van der Waals surface area contributed by atoms with E-state index in [1.807, 2.05) is 17.5 Å². The van der Waals surface area contributed by atoms with E-state index in [0.29, 0.717) is 19.4 Å². The molecule has 3 aromatic rings. The Morgan fingerprint density at radius 1 is 1.26 bits per heavy atom. The van der Waals surface area contributed by atoms with Crippen LogP contribution in [-0.2, 0) is 6.42 Å². The largest absolute Gasteiger partial charge is 0.298 e. The molecule has 0 fully saturated rings. The molecule has 0 bridgehead atoms. The number of hydrogen-bond donors (Lipinski definition) is 1. The molecule has 2 aromatic heterocycles. The number of hydrogen-bond acceptors (Lipinski definition) is 4. The Labute approximate surface area is 151 Å². The van der Waals surface area contributed by atoms with Gasteiger partial charge in [0.2, 0.25) is 0 Å². The summed E-state index contributed by atoms with van der Waals surface area (Å²) in [5.41, 5.74) is 3.50. The number of rotatable bonds is 4. The van der Waals surface area contributed by atoms with Gasteiger partial charge in [0.15, 0.2) is 5.13 Å². The number of amides is 1. The normalized spacial score (nSPS) is 10.7. The molecule has 0 unspecified atom stereocenters. The van der Waals surface area contributed by atoms with Crippen molar-refractivity contribution >= 4 is 56.9 Å². The van der Waals surface area contributed by atoms with E-state index < -0.39 is 0 Å². The average molecular weight is 383 g/mol. The molecule has 0 aliphatic heterocycles. The molecule has 3 rings (SSSR count). The number of nitrogens with zero attached hydrogens (tertiary/aromatic N) is 1. The molecule has 118 valence electrons. The lowest BCUT2D eigenvalue weighted by molar-refractivity contribution is 0.102. The fourth-order valence-electron chi connectivity index (χ4n) is 2.03. The molecule has 0 saturated heterocycles. The summed E-state index contributed by atoms with van der Waals surface area (Å²) in [7, 11) is 0. The first-order chi connectivity index (χ1) is 11.1. The maximum atomic E-state index is 12.2. The Morgan fingerprint density at radius 3 is 2.61 bits per heavy atom. The highest BCUT2D eigenvalue weighted by Gasteiger charge is 2.16. The Balaban J connectivity index is 1.76. The zero-order valence-electron chi connectivity index (χ0n) is 12.1. The predicted octanol–water partition coefficient (Wildman–Crippen LogP) is 5.99. The van der Waals surface area contributed by atoms with Crippen LogP contribution in [0, 0.1) is 0 Å². The lowest BCUT2D eigenvalue weighted by atomic mass is 10.1. The predicted molar refractivity (Wildman–Crippen MR) is 99.2 cm³/mol. The zero-order chi connectivity index (χ0) is 16.4. The Morgan fingerprint density at radius 2 is 2.00 bits per heavy atom. The summed E-state index contributed by atoms with van der Waals surface area (Å²) < 4.78 is 0.857. The second kappa shape index (κ2) is 7.01. The van der Waals surface area contributed by atoms with E-state index in [4.69, 9.17) is 23.2 Å². The summed E-state index contributed by atoms with van der Waals surface area (Å²) in [5, 5.41) is 5.20. The summed E-state index contributed by atoms with van der Waals surface area (Å²) in [4.78, 5) is 16.6. The maximum absolute atomic E-state index is 12.2. The van der Waals surface area contributed by atoms with E-state index in [2.05, 4.69) is 29.4 Å². The number of anilines is 1. The van der Waals surface area contributed by atoms with E-state index in [0.717, 1.165) is 17.7 Å². The third-order valence-electron chi connectivity index (χ3n) is 3.28. The first-order valence-electron chi connectivity index (χ1n) is 6.88. The highest BCUT2D eigenvalue weighted by Crippen LogP contribution is 2.32. The first-order valence-corrected chi connectivity index (χ1v) is 9.33. The smallest absolute Gasteiger partial charge is 0.259 e. The summed E-state index contributed by atoms with van der Waals surface area (Å²) in [5.74, 6) is -0.305. The van der Waals surface area contributed by atoms with E-state index in [-0.39, 0.29) is 5.91 Å². The third kappa shape index (κ3) is 3.75. The van der Waals surface area contributed by atoms with E-state index in [1.54, 1.807) is 6.07 Å². The van der Waals surface area contributed by atoms with Crippen LogP contribution in [0.4, 0.5) is 5.13 Å². The van der Waals surface area contributed by atoms with Crippen molar-refractivity contribution in [2.45, 2.75) is 13.3 Å². The van der Waals surface area contributed by atoms with Gasteiger partial charge in [-0.05, 0) is 18.1 Å².